The summed E-state index contributed by atoms with van der Waals surface area (Å²) in [4.78, 5) is 12.6. The van der Waals surface area contributed by atoms with Crippen molar-refractivity contribution in [3.05, 3.63) is 22.7 Å². The number of hydrogen-bond donors (Lipinski definition) is 1. The number of amides is 1. The Hall–Kier alpha value is -1.42. The van der Waals surface area contributed by atoms with Crippen LogP contribution in [0.1, 0.15) is 69.2 Å². The van der Waals surface area contributed by atoms with Gasteiger partial charge in [-0.25, -0.2) is 0 Å². The third kappa shape index (κ3) is 5.30. The molecule has 1 aliphatic carbocycles. The van der Waals surface area contributed by atoms with Gasteiger partial charge in [-0.3, -0.25) is 4.79 Å². The molecule has 1 aromatic rings. The van der Waals surface area contributed by atoms with Crippen molar-refractivity contribution in [2.75, 3.05) is 13.2 Å². The van der Waals surface area contributed by atoms with Crippen LogP contribution in [0.5, 0.6) is 11.5 Å². The van der Waals surface area contributed by atoms with E-state index in [9.17, 15) is 4.79 Å². The zero-order valence-electron chi connectivity index (χ0n) is 14.7. The number of benzene rings is 1. The van der Waals surface area contributed by atoms with Crippen molar-refractivity contribution in [1.29, 1.82) is 0 Å². The average molecular weight is 354 g/mol. The highest BCUT2D eigenvalue weighted by Gasteiger charge is 2.19. The van der Waals surface area contributed by atoms with E-state index in [1.54, 1.807) is 12.1 Å². The molecule has 0 bridgehead atoms. The van der Waals surface area contributed by atoms with Crippen LogP contribution in [-0.4, -0.2) is 25.2 Å². The zero-order valence-corrected chi connectivity index (χ0v) is 15.5. The predicted octanol–water partition coefficient (Wildman–Crippen LogP) is 4.98. The molecule has 0 spiro atoms. The van der Waals surface area contributed by atoms with Crippen molar-refractivity contribution >= 4 is 17.5 Å². The van der Waals surface area contributed by atoms with Gasteiger partial charge in [0.15, 0.2) is 11.5 Å². The van der Waals surface area contributed by atoms with Crippen LogP contribution in [0, 0.1) is 0 Å². The van der Waals surface area contributed by atoms with Crippen LogP contribution in [0.2, 0.25) is 5.02 Å². The number of nitrogens with one attached hydrogen (secondary N) is 1. The first-order chi connectivity index (χ1) is 11.7. The molecule has 0 radical (unpaired) electrons. The van der Waals surface area contributed by atoms with Gasteiger partial charge in [0.05, 0.1) is 18.2 Å². The predicted molar refractivity (Wildman–Crippen MR) is 97.4 cm³/mol. The Kier molecular flexibility index (Phi) is 7.70. The molecule has 0 aromatic heterocycles. The summed E-state index contributed by atoms with van der Waals surface area (Å²) < 4.78 is 11.3. The van der Waals surface area contributed by atoms with Gasteiger partial charge in [-0.2, -0.15) is 0 Å². The Morgan fingerprint density at radius 1 is 1.17 bits per heavy atom. The largest absolute Gasteiger partial charge is 0.490 e. The van der Waals surface area contributed by atoms with Gasteiger partial charge in [-0.15, -0.1) is 0 Å². The van der Waals surface area contributed by atoms with Gasteiger partial charge < -0.3 is 14.8 Å². The maximum Gasteiger partial charge on any atom is 0.251 e. The number of ether oxygens (including phenoxy) is 2. The highest BCUT2D eigenvalue weighted by atomic mass is 35.5. The molecule has 1 aromatic carbocycles. The minimum atomic E-state index is -0.0909. The summed E-state index contributed by atoms with van der Waals surface area (Å²) in [6.45, 7) is 4.98. The van der Waals surface area contributed by atoms with E-state index in [2.05, 4.69) is 5.32 Å². The maximum atomic E-state index is 12.6. The quantitative estimate of drug-likeness (QED) is 0.703. The van der Waals surface area contributed by atoms with Crippen LogP contribution in [0.3, 0.4) is 0 Å². The second-order valence-electron chi connectivity index (χ2n) is 6.23. The highest BCUT2D eigenvalue weighted by Crippen LogP contribution is 2.37. The Morgan fingerprint density at radius 2 is 1.88 bits per heavy atom. The normalized spacial score (nSPS) is 15.6. The molecule has 1 N–H and O–H groups in total. The van der Waals surface area contributed by atoms with E-state index in [1.807, 2.05) is 13.8 Å². The average Bonchev–Trinajstić information content (AvgIpc) is 2.83. The number of rotatable bonds is 7. The number of carbonyl (C=O) groups excluding carboxylic acids is 1. The standard InChI is InChI=1S/C19H28ClNO3/c1-3-11-24-18-16(20)12-14(13-17(18)23-4-2)19(22)21-15-9-7-5-6-8-10-15/h12-13,15H,3-11H2,1-2H3,(H,21,22). The lowest BCUT2D eigenvalue weighted by Gasteiger charge is -2.18. The molecular weight excluding hydrogens is 326 g/mol. The van der Waals surface area contributed by atoms with Crippen molar-refractivity contribution in [1.82, 2.24) is 5.32 Å². The van der Waals surface area contributed by atoms with E-state index in [0.29, 0.717) is 35.3 Å². The lowest BCUT2D eigenvalue weighted by atomic mass is 10.1. The first-order valence-corrected chi connectivity index (χ1v) is 9.43. The maximum absolute atomic E-state index is 12.6. The molecule has 0 aliphatic heterocycles. The molecule has 1 fully saturated rings. The van der Waals surface area contributed by atoms with Gasteiger partial charge in [0, 0.05) is 11.6 Å². The van der Waals surface area contributed by atoms with E-state index < -0.39 is 0 Å². The zero-order chi connectivity index (χ0) is 17.4. The van der Waals surface area contributed by atoms with E-state index >= 15 is 0 Å². The highest BCUT2D eigenvalue weighted by molar-refractivity contribution is 6.32. The van der Waals surface area contributed by atoms with Crippen molar-refractivity contribution in [2.24, 2.45) is 0 Å². The van der Waals surface area contributed by atoms with E-state index in [0.717, 1.165) is 19.3 Å². The topological polar surface area (TPSA) is 47.6 Å². The molecule has 5 heteroatoms. The second kappa shape index (κ2) is 9.77. The van der Waals surface area contributed by atoms with Gasteiger partial charge in [-0.1, -0.05) is 44.2 Å². The summed E-state index contributed by atoms with van der Waals surface area (Å²) in [7, 11) is 0. The fraction of sp³-hybridized carbons (Fsp3) is 0.632. The summed E-state index contributed by atoms with van der Waals surface area (Å²) in [5, 5.41) is 3.56. The Bertz CT molecular complexity index is 540. The number of hydrogen-bond acceptors (Lipinski definition) is 3. The Labute approximate surface area is 149 Å². The van der Waals surface area contributed by atoms with Crippen LogP contribution in [0.25, 0.3) is 0 Å². The number of carbonyl (C=O) groups is 1. The molecule has 2 rings (SSSR count). The van der Waals surface area contributed by atoms with Crippen LogP contribution in [-0.2, 0) is 0 Å². The van der Waals surface area contributed by atoms with Crippen LogP contribution in [0.4, 0.5) is 0 Å². The summed E-state index contributed by atoms with van der Waals surface area (Å²) in [5.41, 5.74) is 0.525. The number of halogens is 1. The summed E-state index contributed by atoms with van der Waals surface area (Å²) in [6.07, 6.45) is 7.86. The van der Waals surface area contributed by atoms with Crippen LogP contribution in [0.15, 0.2) is 12.1 Å². The van der Waals surface area contributed by atoms with Gasteiger partial charge in [0.1, 0.15) is 0 Å². The Balaban J connectivity index is 2.14. The molecule has 134 valence electrons. The molecule has 4 nitrogen and oxygen atoms in total. The minimum Gasteiger partial charge on any atom is -0.490 e. The van der Waals surface area contributed by atoms with Crippen molar-refractivity contribution in [2.45, 2.75) is 64.8 Å². The Morgan fingerprint density at radius 3 is 2.50 bits per heavy atom. The summed E-state index contributed by atoms with van der Waals surface area (Å²) >= 11 is 6.33. The molecule has 1 aliphatic rings. The molecule has 0 atom stereocenters. The third-order valence-electron chi connectivity index (χ3n) is 4.21. The molecular formula is C19H28ClNO3. The third-order valence-corrected chi connectivity index (χ3v) is 4.49. The smallest absolute Gasteiger partial charge is 0.251 e. The first kappa shape index (κ1) is 18.9. The monoisotopic (exact) mass is 353 g/mol. The van der Waals surface area contributed by atoms with Gasteiger partial charge in [0.25, 0.3) is 5.91 Å². The molecule has 0 unspecified atom stereocenters. The van der Waals surface area contributed by atoms with Gasteiger partial charge >= 0.3 is 0 Å². The van der Waals surface area contributed by atoms with E-state index in [4.69, 9.17) is 21.1 Å². The van der Waals surface area contributed by atoms with E-state index in [1.165, 1.54) is 25.7 Å². The van der Waals surface area contributed by atoms with E-state index in [-0.39, 0.29) is 11.9 Å². The minimum absolute atomic E-state index is 0.0909. The fourth-order valence-electron chi connectivity index (χ4n) is 3.00. The molecule has 24 heavy (non-hydrogen) atoms. The molecule has 1 saturated carbocycles. The summed E-state index contributed by atoms with van der Waals surface area (Å²) in [6, 6.07) is 3.65. The summed E-state index contributed by atoms with van der Waals surface area (Å²) in [5.74, 6) is 0.961. The molecule has 0 heterocycles. The lowest BCUT2D eigenvalue weighted by Crippen LogP contribution is -2.34. The van der Waals surface area contributed by atoms with Gasteiger partial charge in [0.2, 0.25) is 0 Å². The molecule has 1 amide bonds. The van der Waals surface area contributed by atoms with Crippen molar-refractivity contribution in [3.63, 3.8) is 0 Å². The van der Waals surface area contributed by atoms with Gasteiger partial charge in [-0.05, 0) is 38.3 Å². The second-order valence-corrected chi connectivity index (χ2v) is 6.64. The van der Waals surface area contributed by atoms with Crippen molar-refractivity contribution in [3.8, 4) is 11.5 Å². The SMILES string of the molecule is CCCOc1c(Cl)cc(C(=O)NC2CCCCCC2)cc1OCC. The lowest BCUT2D eigenvalue weighted by molar-refractivity contribution is 0.0933. The van der Waals surface area contributed by atoms with Crippen molar-refractivity contribution < 1.29 is 14.3 Å². The van der Waals surface area contributed by atoms with Crippen LogP contribution >= 0.6 is 11.6 Å². The molecule has 0 saturated heterocycles. The van der Waals surface area contributed by atoms with Crippen LogP contribution < -0.4 is 14.8 Å². The fourth-order valence-corrected chi connectivity index (χ4v) is 3.26. The first-order valence-electron chi connectivity index (χ1n) is 9.05.